The fourth-order valence-corrected chi connectivity index (χ4v) is 12.4. The lowest BCUT2D eigenvalue weighted by atomic mass is 10.0. The van der Waals surface area contributed by atoms with Gasteiger partial charge in [0.05, 0.1) is 0 Å². The summed E-state index contributed by atoms with van der Waals surface area (Å²) in [4.78, 5) is 0. The number of rotatable bonds is 12. The first kappa shape index (κ1) is 33.3. The Bertz CT molecular complexity index is 1640. The summed E-state index contributed by atoms with van der Waals surface area (Å²) >= 11 is 0. The van der Waals surface area contributed by atoms with Crippen LogP contribution in [0, 0.1) is 24.7 Å². The molecule has 0 aliphatic carbocycles. The Morgan fingerprint density at radius 2 is 0.622 bits per heavy atom. The third kappa shape index (κ3) is 8.04. The molecule has 0 aliphatic rings. The highest BCUT2D eigenvalue weighted by Crippen LogP contribution is 2.42. The van der Waals surface area contributed by atoms with Crippen LogP contribution in [0.5, 0.6) is 0 Å². The maximum Gasteiger partial charge on any atom is -0.00674 e. The zero-order valence-electron chi connectivity index (χ0n) is 28.3. The Balaban J connectivity index is 1.84. The summed E-state index contributed by atoms with van der Waals surface area (Å²) in [5.41, 5.74) is 5.85. The van der Waals surface area contributed by atoms with Crippen molar-refractivity contribution < 1.29 is 0 Å². The van der Waals surface area contributed by atoms with Gasteiger partial charge in [-0.2, -0.15) is 0 Å². The van der Waals surface area contributed by atoms with Crippen LogP contribution in [0.15, 0.2) is 121 Å². The van der Waals surface area contributed by atoms with Crippen LogP contribution in [0.25, 0.3) is 0 Å². The van der Waals surface area contributed by atoms with Crippen molar-refractivity contribution in [2.24, 2.45) is 17.8 Å². The third-order valence-electron chi connectivity index (χ3n) is 8.30. The highest BCUT2D eigenvalue weighted by atomic mass is 31.1. The second-order valence-electron chi connectivity index (χ2n) is 13.6. The fraction of sp³-hybridized carbons (Fsp3) is 0.302. The molecule has 0 heterocycles. The summed E-state index contributed by atoms with van der Waals surface area (Å²) in [5.74, 6) is 1.78. The smallest absolute Gasteiger partial charge is 0.00674 e. The van der Waals surface area contributed by atoms with Gasteiger partial charge in [0, 0.05) is 0 Å². The number of benzene rings is 5. The van der Waals surface area contributed by atoms with Crippen LogP contribution in [-0.4, -0.2) is 0 Å². The molecular formula is C43H50P2. The maximum absolute atomic E-state index is 2.47. The first-order valence-corrected chi connectivity index (χ1v) is 19.4. The highest BCUT2D eigenvalue weighted by Gasteiger charge is 2.30. The molecule has 1 unspecified atom stereocenters. The zero-order valence-corrected chi connectivity index (χ0v) is 30.1. The predicted molar refractivity (Wildman–Crippen MR) is 204 cm³/mol. The Hall–Kier alpha value is -3.04. The minimum absolute atomic E-state index is 0.594. The fourth-order valence-electron chi connectivity index (χ4n) is 6.46. The number of aryl methyl sites for hydroxylation is 1. The molecule has 0 fully saturated rings. The molecule has 5 rings (SSSR count). The Morgan fingerprint density at radius 1 is 0.356 bits per heavy atom. The van der Waals surface area contributed by atoms with Crippen LogP contribution in [0.3, 0.4) is 0 Å². The lowest BCUT2D eigenvalue weighted by molar-refractivity contribution is 0.649. The van der Waals surface area contributed by atoms with Crippen molar-refractivity contribution in [1.29, 1.82) is 0 Å². The molecule has 0 saturated heterocycles. The molecule has 0 aromatic heterocycles. The van der Waals surface area contributed by atoms with Crippen LogP contribution in [-0.2, 0) is 19.3 Å². The zero-order chi connectivity index (χ0) is 31.9. The average molecular weight is 629 g/mol. The molecule has 0 amide bonds. The predicted octanol–water partition coefficient (Wildman–Crippen LogP) is 9.11. The minimum Gasteiger partial charge on any atom is -0.0625 e. The molecule has 0 nitrogen and oxygen atoms in total. The van der Waals surface area contributed by atoms with E-state index in [9.17, 15) is 0 Å². The van der Waals surface area contributed by atoms with Crippen molar-refractivity contribution in [3.8, 4) is 0 Å². The SMILES string of the molecule is Cc1ccccc1P(c1ccccc1CC(C)C)c1ccccc1P(c1ccccc1CC(C)C)c1ccccc1CC(C)C. The molecule has 0 spiro atoms. The van der Waals surface area contributed by atoms with Crippen molar-refractivity contribution in [3.63, 3.8) is 0 Å². The number of hydrogen-bond donors (Lipinski definition) is 0. The highest BCUT2D eigenvalue weighted by molar-refractivity contribution is 7.85. The van der Waals surface area contributed by atoms with E-state index in [0.29, 0.717) is 17.8 Å². The van der Waals surface area contributed by atoms with E-state index in [4.69, 9.17) is 0 Å². The van der Waals surface area contributed by atoms with Gasteiger partial charge >= 0.3 is 0 Å². The van der Waals surface area contributed by atoms with Crippen molar-refractivity contribution in [3.05, 3.63) is 144 Å². The van der Waals surface area contributed by atoms with Gasteiger partial charge in [-0.15, -0.1) is 0 Å². The van der Waals surface area contributed by atoms with Gasteiger partial charge in [0.2, 0.25) is 0 Å². The lowest BCUT2D eigenvalue weighted by Gasteiger charge is -2.31. The van der Waals surface area contributed by atoms with E-state index in [-0.39, 0.29) is 0 Å². The van der Waals surface area contributed by atoms with Crippen LogP contribution in [0.2, 0.25) is 0 Å². The quantitative estimate of drug-likeness (QED) is 0.121. The van der Waals surface area contributed by atoms with Gasteiger partial charge in [0.1, 0.15) is 0 Å². The molecule has 5 aromatic carbocycles. The molecule has 0 N–H and O–H groups in total. The molecule has 1 atom stereocenters. The van der Waals surface area contributed by atoms with Gasteiger partial charge in [-0.05, 0) is 114 Å². The van der Waals surface area contributed by atoms with Gasteiger partial charge in [0.25, 0.3) is 0 Å². The van der Waals surface area contributed by atoms with E-state index < -0.39 is 15.8 Å². The van der Waals surface area contributed by atoms with E-state index >= 15 is 0 Å². The summed E-state index contributed by atoms with van der Waals surface area (Å²) in [6.07, 6.45) is 3.27. The molecule has 45 heavy (non-hydrogen) atoms. The Kier molecular flexibility index (Phi) is 11.5. The molecule has 232 valence electrons. The molecule has 0 aliphatic heterocycles. The largest absolute Gasteiger partial charge is 0.0625 e. The summed E-state index contributed by atoms with van der Waals surface area (Å²) in [7, 11) is -1.59. The summed E-state index contributed by atoms with van der Waals surface area (Å²) < 4.78 is 0. The second-order valence-corrected chi connectivity index (χ2v) is 17.9. The molecule has 2 heteroatoms. The van der Waals surface area contributed by atoms with E-state index in [1.54, 1.807) is 0 Å². The van der Waals surface area contributed by atoms with Crippen molar-refractivity contribution in [1.82, 2.24) is 0 Å². The Morgan fingerprint density at radius 3 is 0.956 bits per heavy atom. The summed E-state index contributed by atoms with van der Waals surface area (Å²) in [6, 6.07) is 46.6. The normalized spacial score (nSPS) is 12.4. The first-order valence-electron chi connectivity index (χ1n) is 16.7. The van der Waals surface area contributed by atoms with Crippen LogP contribution < -0.4 is 31.8 Å². The molecular weight excluding hydrogens is 578 g/mol. The van der Waals surface area contributed by atoms with E-state index in [1.165, 1.54) is 54.1 Å². The second kappa shape index (κ2) is 15.5. The summed E-state index contributed by atoms with van der Waals surface area (Å²) in [6.45, 7) is 16.4. The van der Waals surface area contributed by atoms with Gasteiger partial charge < -0.3 is 0 Å². The molecule has 0 radical (unpaired) electrons. The van der Waals surface area contributed by atoms with E-state index in [2.05, 4.69) is 170 Å². The van der Waals surface area contributed by atoms with Gasteiger partial charge in [-0.25, -0.2) is 0 Å². The molecule has 0 bridgehead atoms. The first-order chi connectivity index (χ1) is 21.7. The topological polar surface area (TPSA) is 0 Å². The number of hydrogen-bond acceptors (Lipinski definition) is 0. The van der Waals surface area contributed by atoms with E-state index in [0.717, 1.165) is 19.3 Å². The van der Waals surface area contributed by atoms with Crippen LogP contribution >= 0.6 is 15.8 Å². The van der Waals surface area contributed by atoms with Gasteiger partial charge in [0.15, 0.2) is 0 Å². The molecule has 0 saturated carbocycles. The van der Waals surface area contributed by atoms with Gasteiger partial charge in [-0.3, -0.25) is 0 Å². The van der Waals surface area contributed by atoms with Crippen LogP contribution in [0.4, 0.5) is 0 Å². The monoisotopic (exact) mass is 628 g/mol. The van der Waals surface area contributed by atoms with Crippen molar-refractivity contribution in [2.75, 3.05) is 0 Å². The van der Waals surface area contributed by atoms with Crippen LogP contribution in [0.1, 0.15) is 63.8 Å². The van der Waals surface area contributed by atoms with Crippen molar-refractivity contribution >= 4 is 47.7 Å². The lowest BCUT2D eigenvalue weighted by Crippen LogP contribution is -2.37. The van der Waals surface area contributed by atoms with Gasteiger partial charge in [-0.1, -0.05) is 163 Å². The molecule has 5 aromatic rings. The third-order valence-corrected chi connectivity index (χ3v) is 14.0. The maximum atomic E-state index is 2.47. The standard InChI is InChI=1S/C43H50P2/c1-31(2)28-35-19-9-13-23-39(35)44(38-22-12-8-18-34(38)7)42-26-16-17-27-43(42)45(40-24-14-10-20-36(40)29-32(3)4)41-25-15-11-21-37(41)30-33(5)6/h8-27,31-33H,28-30H2,1-7H3. The average Bonchev–Trinajstić information content (AvgIpc) is 3.01. The van der Waals surface area contributed by atoms with Crippen molar-refractivity contribution in [2.45, 2.75) is 67.7 Å². The Labute approximate surface area is 275 Å². The van der Waals surface area contributed by atoms with E-state index in [1.807, 2.05) is 0 Å². The summed E-state index contributed by atoms with van der Waals surface area (Å²) in [5, 5.41) is 9.01. The minimum atomic E-state index is -0.803.